The van der Waals surface area contributed by atoms with Gasteiger partial charge >= 0.3 is 0 Å². The number of carbonyl (C=O) groups excluding carboxylic acids is 2. The number of aromatic nitrogens is 1. The first kappa shape index (κ1) is 18.0. The first-order valence-corrected chi connectivity index (χ1v) is 9.35. The van der Waals surface area contributed by atoms with E-state index >= 15 is 0 Å². The number of rotatable bonds is 3. The van der Waals surface area contributed by atoms with E-state index < -0.39 is 11.2 Å². The summed E-state index contributed by atoms with van der Waals surface area (Å²) in [7, 11) is 0. The highest BCUT2D eigenvalue weighted by Crippen LogP contribution is 2.47. The van der Waals surface area contributed by atoms with Crippen LogP contribution in [-0.4, -0.2) is 29.6 Å². The van der Waals surface area contributed by atoms with Crippen LogP contribution in [-0.2, 0) is 4.79 Å². The van der Waals surface area contributed by atoms with Crippen molar-refractivity contribution >= 4 is 29.1 Å². The smallest absolute Gasteiger partial charge is 0.290 e. The molecule has 4 rings (SSSR count). The van der Waals surface area contributed by atoms with E-state index in [1.165, 1.54) is 24.4 Å². The topological polar surface area (TPSA) is 75.4 Å². The van der Waals surface area contributed by atoms with Gasteiger partial charge in [0.15, 0.2) is 0 Å². The Kier molecular flexibility index (Phi) is 4.63. The van der Waals surface area contributed by atoms with Gasteiger partial charge in [-0.25, -0.2) is 4.39 Å². The summed E-state index contributed by atoms with van der Waals surface area (Å²) in [6, 6.07) is 5.62. The number of hydrogen-bond donors (Lipinski definition) is 1. The van der Waals surface area contributed by atoms with Crippen LogP contribution in [0.25, 0.3) is 0 Å². The highest BCUT2D eigenvalue weighted by atomic mass is 35.5. The van der Waals surface area contributed by atoms with Gasteiger partial charge < -0.3 is 14.7 Å². The average Bonchev–Trinajstić information content (AvgIpc) is 3.28. The maximum atomic E-state index is 13.3. The lowest BCUT2D eigenvalue weighted by Gasteiger charge is -2.36. The highest BCUT2D eigenvalue weighted by Gasteiger charge is 2.49. The Hall–Kier alpha value is -2.41. The van der Waals surface area contributed by atoms with Gasteiger partial charge in [0.2, 0.25) is 11.7 Å². The molecule has 6 nitrogen and oxygen atoms in total. The zero-order chi connectivity index (χ0) is 19.0. The quantitative estimate of drug-likeness (QED) is 0.868. The van der Waals surface area contributed by atoms with Crippen LogP contribution in [0.4, 0.5) is 10.1 Å². The minimum absolute atomic E-state index is 0.00415. The second-order valence-corrected chi connectivity index (χ2v) is 7.61. The van der Waals surface area contributed by atoms with E-state index in [9.17, 15) is 14.0 Å². The first-order valence-electron chi connectivity index (χ1n) is 8.97. The normalized spacial score (nSPS) is 25.2. The van der Waals surface area contributed by atoms with Crippen LogP contribution in [0.2, 0.25) is 5.02 Å². The SMILES string of the molecule is O=C(NC1CCC2(CC1)CCN(c1ccc(F)cc1Cl)C2=O)c1ccno1. The van der Waals surface area contributed by atoms with Crippen LogP contribution in [0.5, 0.6) is 0 Å². The number of nitrogens with zero attached hydrogens (tertiary/aromatic N) is 2. The van der Waals surface area contributed by atoms with Crippen molar-refractivity contribution in [2.45, 2.75) is 38.1 Å². The van der Waals surface area contributed by atoms with Crippen LogP contribution < -0.4 is 10.2 Å². The van der Waals surface area contributed by atoms with Crippen molar-refractivity contribution in [1.82, 2.24) is 10.5 Å². The van der Waals surface area contributed by atoms with Gasteiger partial charge in [-0.1, -0.05) is 16.8 Å². The molecule has 2 aromatic rings. The lowest BCUT2D eigenvalue weighted by molar-refractivity contribution is -0.127. The van der Waals surface area contributed by atoms with Crippen molar-refractivity contribution in [3.63, 3.8) is 0 Å². The molecule has 0 radical (unpaired) electrons. The molecule has 2 heterocycles. The molecule has 1 saturated heterocycles. The van der Waals surface area contributed by atoms with Crippen molar-refractivity contribution in [2.24, 2.45) is 5.41 Å². The van der Waals surface area contributed by atoms with Crippen LogP contribution in [0.15, 0.2) is 35.0 Å². The van der Waals surface area contributed by atoms with Crippen molar-refractivity contribution in [2.75, 3.05) is 11.4 Å². The maximum Gasteiger partial charge on any atom is 0.290 e. The predicted octanol–water partition coefficient (Wildman–Crippen LogP) is 3.56. The summed E-state index contributed by atoms with van der Waals surface area (Å²) in [4.78, 5) is 26.8. The van der Waals surface area contributed by atoms with Gasteiger partial charge in [-0.15, -0.1) is 0 Å². The molecule has 0 unspecified atom stereocenters. The first-order chi connectivity index (χ1) is 13.0. The number of amides is 2. The Bertz CT molecular complexity index is 863. The minimum atomic E-state index is -0.425. The summed E-state index contributed by atoms with van der Waals surface area (Å²) >= 11 is 6.14. The Labute approximate surface area is 160 Å². The third-order valence-corrected chi connectivity index (χ3v) is 5.96. The summed E-state index contributed by atoms with van der Waals surface area (Å²) in [6.45, 7) is 0.569. The third kappa shape index (κ3) is 3.32. The Balaban J connectivity index is 1.41. The highest BCUT2D eigenvalue weighted by molar-refractivity contribution is 6.34. The third-order valence-electron chi connectivity index (χ3n) is 5.65. The van der Waals surface area contributed by atoms with E-state index in [1.807, 2.05) is 0 Å². The standard InChI is InChI=1S/C19H19ClFN3O3/c20-14-11-12(21)1-2-15(14)24-10-8-19(18(24)26)6-3-13(4-7-19)23-17(25)16-5-9-22-27-16/h1-2,5,9,11,13H,3-4,6-8,10H2,(H,23,25). The van der Waals surface area contributed by atoms with Crippen molar-refractivity contribution in [1.29, 1.82) is 0 Å². The van der Waals surface area contributed by atoms with Gasteiger partial charge in [-0.2, -0.15) is 0 Å². The summed E-state index contributed by atoms with van der Waals surface area (Å²) in [5, 5.41) is 6.72. The molecule has 27 heavy (non-hydrogen) atoms. The molecule has 2 amide bonds. The van der Waals surface area contributed by atoms with E-state index in [4.69, 9.17) is 16.1 Å². The number of nitrogens with one attached hydrogen (secondary N) is 1. The molecular weight excluding hydrogens is 373 g/mol. The number of anilines is 1. The van der Waals surface area contributed by atoms with E-state index in [0.29, 0.717) is 25.1 Å². The Morgan fingerprint density at radius 3 is 2.74 bits per heavy atom. The molecular formula is C19H19ClFN3O3. The minimum Gasteiger partial charge on any atom is -0.351 e. The summed E-state index contributed by atoms with van der Waals surface area (Å²) < 4.78 is 18.2. The number of benzene rings is 1. The van der Waals surface area contributed by atoms with E-state index in [-0.39, 0.29) is 28.6 Å². The molecule has 0 atom stereocenters. The van der Waals surface area contributed by atoms with Gasteiger partial charge in [-0.05, 0) is 50.3 Å². The van der Waals surface area contributed by atoms with Crippen LogP contribution in [0.3, 0.4) is 0 Å². The molecule has 1 N–H and O–H groups in total. The van der Waals surface area contributed by atoms with Crippen LogP contribution >= 0.6 is 11.6 Å². The monoisotopic (exact) mass is 391 g/mol. The largest absolute Gasteiger partial charge is 0.351 e. The molecule has 1 aliphatic carbocycles. The molecule has 142 valence electrons. The molecule has 8 heteroatoms. The fraction of sp³-hybridized carbons (Fsp3) is 0.421. The molecule has 1 spiro atoms. The molecule has 0 bridgehead atoms. The van der Waals surface area contributed by atoms with Gasteiger partial charge in [0.05, 0.1) is 22.3 Å². The summed E-state index contributed by atoms with van der Waals surface area (Å²) in [5.74, 6) is -0.487. The summed E-state index contributed by atoms with van der Waals surface area (Å²) in [6.07, 6.45) is 5.00. The number of carbonyl (C=O) groups is 2. The molecule has 1 aromatic heterocycles. The van der Waals surface area contributed by atoms with Crippen molar-refractivity contribution in [3.05, 3.63) is 47.1 Å². The number of halogens is 2. The fourth-order valence-corrected chi connectivity index (χ4v) is 4.39. The fourth-order valence-electron chi connectivity index (χ4n) is 4.12. The van der Waals surface area contributed by atoms with Gasteiger partial charge in [-0.3, -0.25) is 9.59 Å². The van der Waals surface area contributed by atoms with Gasteiger partial charge in [0.1, 0.15) is 5.82 Å². The molecule has 1 aliphatic heterocycles. The molecule has 2 aliphatic rings. The predicted molar refractivity (Wildman–Crippen MR) is 97.0 cm³/mol. The van der Waals surface area contributed by atoms with E-state index in [0.717, 1.165) is 19.3 Å². The molecule has 2 fully saturated rings. The zero-order valence-electron chi connectivity index (χ0n) is 14.6. The Morgan fingerprint density at radius 1 is 1.30 bits per heavy atom. The van der Waals surface area contributed by atoms with Gasteiger partial charge in [0.25, 0.3) is 5.91 Å². The van der Waals surface area contributed by atoms with Crippen LogP contribution in [0, 0.1) is 11.2 Å². The van der Waals surface area contributed by atoms with Crippen LogP contribution in [0.1, 0.15) is 42.7 Å². The lowest BCUT2D eigenvalue weighted by atomic mass is 9.71. The van der Waals surface area contributed by atoms with E-state index in [2.05, 4.69) is 10.5 Å². The second kappa shape index (κ2) is 6.96. The van der Waals surface area contributed by atoms with E-state index in [1.54, 1.807) is 11.0 Å². The summed E-state index contributed by atoms with van der Waals surface area (Å²) in [5.41, 5.74) is 0.131. The molecule has 1 saturated carbocycles. The second-order valence-electron chi connectivity index (χ2n) is 7.21. The average molecular weight is 392 g/mol. The number of hydrogen-bond acceptors (Lipinski definition) is 4. The lowest BCUT2D eigenvalue weighted by Crippen LogP contribution is -2.43. The van der Waals surface area contributed by atoms with Crippen molar-refractivity contribution in [3.8, 4) is 0 Å². The zero-order valence-corrected chi connectivity index (χ0v) is 15.3. The van der Waals surface area contributed by atoms with Crippen molar-refractivity contribution < 1.29 is 18.5 Å². The maximum absolute atomic E-state index is 13.3. The van der Waals surface area contributed by atoms with Gasteiger partial charge in [0, 0.05) is 18.7 Å². The Morgan fingerprint density at radius 2 is 2.07 bits per heavy atom. The molecule has 1 aromatic carbocycles.